The Balaban J connectivity index is 2.05. The highest BCUT2D eigenvalue weighted by Gasteiger charge is 2.09. The first kappa shape index (κ1) is 23.1. The van der Waals surface area contributed by atoms with Gasteiger partial charge in [-0.2, -0.15) is 0 Å². The van der Waals surface area contributed by atoms with E-state index in [9.17, 15) is 0 Å². The van der Waals surface area contributed by atoms with Crippen LogP contribution in [0.15, 0.2) is 54.0 Å². The van der Waals surface area contributed by atoms with Crippen LogP contribution in [-0.2, 0) is 12.8 Å². The van der Waals surface area contributed by atoms with Gasteiger partial charge in [0, 0.05) is 11.3 Å². The van der Waals surface area contributed by atoms with E-state index in [1.165, 1.54) is 55.2 Å². The summed E-state index contributed by atoms with van der Waals surface area (Å²) in [6.45, 7) is 15.3. The van der Waals surface area contributed by atoms with E-state index >= 15 is 0 Å². The molecular formula is C28H39N. The van der Waals surface area contributed by atoms with Crippen LogP contribution in [0, 0.1) is 12.8 Å². The predicted molar refractivity (Wildman–Crippen MR) is 130 cm³/mol. The van der Waals surface area contributed by atoms with Crippen molar-refractivity contribution in [3.05, 3.63) is 76.9 Å². The van der Waals surface area contributed by atoms with Crippen molar-refractivity contribution >= 4 is 11.4 Å². The number of benzene rings is 2. The number of aryl methyl sites for hydroxylation is 3. The summed E-state index contributed by atoms with van der Waals surface area (Å²) >= 11 is 0. The lowest BCUT2D eigenvalue weighted by Crippen LogP contribution is -2.02. The third-order valence-electron chi connectivity index (χ3n) is 6.07. The van der Waals surface area contributed by atoms with E-state index in [2.05, 4.69) is 83.7 Å². The van der Waals surface area contributed by atoms with Crippen molar-refractivity contribution in [2.75, 3.05) is 0 Å². The Bertz CT molecular complexity index is 811. The summed E-state index contributed by atoms with van der Waals surface area (Å²) in [6, 6.07) is 15.5. The molecule has 2 rings (SSSR count). The number of unbranched alkanes of at least 4 members (excludes halogenated alkanes) is 1. The molecule has 156 valence electrons. The van der Waals surface area contributed by atoms with Gasteiger partial charge in [0.25, 0.3) is 0 Å². The second-order valence-corrected chi connectivity index (χ2v) is 8.30. The van der Waals surface area contributed by atoms with Gasteiger partial charge in [-0.25, -0.2) is 0 Å². The van der Waals surface area contributed by atoms with E-state index in [1.54, 1.807) is 0 Å². The van der Waals surface area contributed by atoms with Crippen molar-refractivity contribution in [3.63, 3.8) is 0 Å². The third-order valence-corrected chi connectivity index (χ3v) is 6.07. The van der Waals surface area contributed by atoms with E-state index in [0.717, 1.165) is 34.9 Å². The summed E-state index contributed by atoms with van der Waals surface area (Å²) in [7, 11) is 0. The number of rotatable bonds is 11. The molecule has 0 bridgehead atoms. The van der Waals surface area contributed by atoms with Crippen LogP contribution in [0.3, 0.4) is 0 Å². The highest BCUT2D eigenvalue weighted by molar-refractivity contribution is 6.01. The quantitative estimate of drug-likeness (QED) is 0.343. The van der Waals surface area contributed by atoms with Crippen LogP contribution in [0.25, 0.3) is 5.70 Å². The van der Waals surface area contributed by atoms with E-state index in [-0.39, 0.29) is 0 Å². The van der Waals surface area contributed by atoms with Gasteiger partial charge >= 0.3 is 0 Å². The normalized spacial score (nSPS) is 12.8. The maximum absolute atomic E-state index is 4.81. The molecule has 0 N–H and O–H groups in total. The smallest absolute Gasteiger partial charge is 0.0636 e. The minimum absolute atomic E-state index is 0.848. The van der Waals surface area contributed by atoms with Gasteiger partial charge in [-0.05, 0) is 61.3 Å². The van der Waals surface area contributed by atoms with E-state index in [0.29, 0.717) is 0 Å². The Kier molecular flexibility index (Phi) is 9.38. The second kappa shape index (κ2) is 11.8. The lowest BCUT2D eigenvalue weighted by molar-refractivity contribution is 0.422. The molecule has 1 heteroatoms. The third kappa shape index (κ3) is 6.99. The molecule has 0 spiro atoms. The Morgan fingerprint density at radius 1 is 0.966 bits per heavy atom. The largest absolute Gasteiger partial charge is 0.253 e. The fourth-order valence-electron chi connectivity index (χ4n) is 3.93. The summed E-state index contributed by atoms with van der Waals surface area (Å²) in [5.41, 5.74) is 8.23. The van der Waals surface area contributed by atoms with E-state index in [4.69, 9.17) is 4.99 Å². The van der Waals surface area contributed by atoms with Crippen LogP contribution in [0.1, 0.15) is 87.6 Å². The SMILES string of the molecule is C=C(N=C(C)c1ccc(CC)cc1)c1ccc(CCC(CC)CCCC)cc1C. The van der Waals surface area contributed by atoms with Gasteiger partial charge in [0.05, 0.1) is 5.70 Å². The van der Waals surface area contributed by atoms with Crippen molar-refractivity contribution in [3.8, 4) is 0 Å². The molecule has 2 aromatic carbocycles. The van der Waals surface area contributed by atoms with Crippen LogP contribution >= 0.6 is 0 Å². The molecule has 0 aliphatic heterocycles. The maximum atomic E-state index is 4.81. The molecular weight excluding hydrogens is 350 g/mol. The molecule has 0 aliphatic carbocycles. The molecule has 0 amide bonds. The summed E-state index contributed by atoms with van der Waals surface area (Å²) in [5.74, 6) is 0.858. The van der Waals surface area contributed by atoms with Gasteiger partial charge in [-0.1, -0.05) is 95.5 Å². The predicted octanol–water partition coefficient (Wildman–Crippen LogP) is 8.19. The molecule has 0 heterocycles. The molecule has 0 aromatic heterocycles. The maximum Gasteiger partial charge on any atom is 0.0636 e. The number of nitrogens with zero attached hydrogens (tertiary/aromatic N) is 1. The second-order valence-electron chi connectivity index (χ2n) is 8.30. The number of hydrogen-bond acceptors (Lipinski definition) is 1. The zero-order chi connectivity index (χ0) is 21.2. The van der Waals surface area contributed by atoms with Gasteiger partial charge in [-0.3, -0.25) is 4.99 Å². The summed E-state index contributed by atoms with van der Waals surface area (Å²) in [6.07, 6.45) is 8.84. The first-order valence-electron chi connectivity index (χ1n) is 11.4. The molecule has 0 saturated carbocycles. The average Bonchev–Trinajstić information content (AvgIpc) is 2.73. The zero-order valence-electron chi connectivity index (χ0n) is 19.2. The highest BCUT2D eigenvalue weighted by Crippen LogP contribution is 2.24. The van der Waals surface area contributed by atoms with Gasteiger partial charge < -0.3 is 0 Å². The minimum atomic E-state index is 0.848. The molecule has 1 nitrogen and oxygen atoms in total. The van der Waals surface area contributed by atoms with Crippen molar-refractivity contribution in [1.29, 1.82) is 0 Å². The number of hydrogen-bond donors (Lipinski definition) is 0. The number of aliphatic imine (C=N–C) groups is 1. The van der Waals surface area contributed by atoms with E-state index in [1.807, 2.05) is 0 Å². The highest BCUT2D eigenvalue weighted by atomic mass is 14.8. The molecule has 1 atom stereocenters. The van der Waals surface area contributed by atoms with E-state index < -0.39 is 0 Å². The Hall–Kier alpha value is -2.15. The molecule has 0 aliphatic rings. The van der Waals surface area contributed by atoms with Crippen LogP contribution in [0.5, 0.6) is 0 Å². The fraction of sp³-hybridized carbons (Fsp3) is 0.464. The first-order valence-corrected chi connectivity index (χ1v) is 11.4. The average molecular weight is 390 g/mol. The molecule has 0 radical (unpaired) electrons. The summed E-state index contributed by atoms with van der Waals surface area (Å²) < 4.78 is 0. The van der Waals surface area contributed by atoms with Gasteiger partial charge in [-0.15, -0.1) is 0 Å². The Morgan fingerprint density at radius 3 is 2.24 bits per heavy atom. The van der Waals surface area contributed by atoms with Crippen LogP contribution in [0.2, 0.25) is 0 Å². The lowest BCUT2D eigenvalue weighted by Gasteiger charge is -2.15. The Labute approximate surface area is 179 Å². The molecule has 1 unspecified atom stereocenters. The van der Waals surface area contributed by atoms with Gasteiger partial charge in [0.1, 0.15) is 0 Å². The fourth-order valence-corrected chi connectivity index (χ4v) is 3.93. The molecule has 2 aromatic rings. The van der Waals surface area contributed by atoms with Crippen LogP contribution in [-0.4, -0.2) is 5.71 Å². The molecule has 0 saturated heterocycles. The summed E-state index contributed by atoms with van der Waals surface area (Å²) in [4.78, 5) is 4.81. The van der Waals surface area contributed by atoms with Crippen LogP contribution < -0.4 is 0 Å². The van der Waals surface area contributed by atoms with Crippen molar-refractivity contribution in [1.82, 2.24) is 0 Å². The Morgan fingerprint density at radius 2 is 1.66 bits per heavy atom. The van der Waals surface area contributed by atoms with Crippen molar-refractivity contribution in [2.24, 2.45) is 10.9 Å². The van der Waals surface area contributed by atoms with Crippen molar-refractivity contribution in [2.45, 2.75) is 79.6 Å². The lowest BCUT2D eigenvalue weighted by atomic mass is 9.91. The minimum Gasteiger partial charge on any atom is -0.253 e. The monoisotopic (exact) mass is 389 g/mol. The summed E-state index contributed by atoms with van der Waals surface area (Å²) in [5, 5.41) is 0. The van der Waals surface area contributed by atoms with Crippen molar-refractivity contribution < 1.29 is 0 Å². The molecule has 29 heavy (non-hydrogen) atoms. The molecule has 0 fully saturated rings. The van der Waals surface area contributed by atoms with Gasteiger partial charge in [0.15, 0.2) is 0 Å². The zero-order valence-corrected chi connectivity index (χ0v) is 19.2. The standard InChI is InChI=1S/C28H39N/c1-7-10-11-24(8-2)12-13-26-16-19-28(21(4)20-26)23(6)29-22(5)27-17-14-25(9-3)15-18-27/h14-20,24H,6-13H2,1-5H3. The van der Waals surface area contributed by atoms with Crippen LogP contribution in [0.4, 0.5) is 0 Å². The van der Waals surface area contributed by atoms with Gasteiger partial charge in [0.2, 0.25) is 0 Å². The topological polar surface area (TPSA) is 12.4 Å². The first-order chi connectivity index (χ1) is 14.0.